The second-order valence-electron chi connectivity index (χ2n) is 6.10. The maximum absolute atomic E-state index is 12.3. The summed E-state index contributed by atoms with van der Waals surface area (Å²) in [4.78, 5) is 11.1. The third-order valence-corrected chi connectivity index (χ3v) is 5.91. The smallest absolute Gasteiger partial charge is 0.359 e. The molecule has 0 atom stereocenters. The van der Waals surface area contributed by atoms with Crippen molar-refractivity contribution in [2.45, 2.75) is 25.0 Å². The first-order valence-corrected chi connectivity index (χ1v) is 9.81. The number of aryl methyl sites for hydroxylation is 1. The highest BCUT2D eigenvalue weighted by atomic mass is 32.2. The highest BCUT2D eigenvalue weighted by molar-refractivity contribution is 7.96. The number of rotatable bonds is 4. The minimum absolute atomic E-state index is 0.155. The molecule has 0 aliphatic carbocycles. The summed E-state index contributed by atoms with van der Waals surface area (Å²) in [6.07, 6.45) is 1.12. The number of carboxylic acid groups (broad SMARTS) is 1. The van der Waals surface area contributed by atoms with Crippen LogP contribution in [0.5, 0.6) is 11.6 Å². The highest BCUT2D eigenvalue weighted by Gasteiger charge is 2.25. The lowest BCUT2D eigenvalue weighted by atomic mass is 10.1. The number of benzene rings is 1. The SMILES string of the molecule is Cc1cc(C#CS(=O)(=O)C2CCNCC2)ccc1Oc1nn[nH]c1C(=O)O. The van der Waals surface area contributed by atoms with Gasteiger partial charge in [0.25, 0.3) is 5.88 Å². The van der Waals surface area contributed by atoms with E-state index in [2.05, 4.69) is 31.9 Å². The number of nitrogens with one attached hydrogen (secondary N) is 2. The predicted molar refractivity (Wildman–Crippen MR) is 96.3 cm³/mol. The molecule has 0 saturated carbocycles. The fourth-order valence-corrected chi connectivity index (χ4v) is 3.98. The Labute approximate surface area is 156 Å². The molecule has 1 saturated heterocycles. The summed E-state index contributed by atoms with van der Waals surface area (Å²) in [5.41, 5.74) is 0.919. The minimum atomic E-state index is -3.48. The van der Waals surface area contributed by atoms with Gasteiger partial charge in [-0.3, -0.25) is 0 Å². The second-order valence-corrected chi connectivity index (χ2v) is 8.06. The van der Waals surface area contributed by atoms with Crippen LogP contribution in [0.25, 0.3) is 0 Å². The standard InChI is InChI=1S/C17H18N4O5S/c1-11-10-12(6-9-27(24,25)13-4-7-18-8-5-13)2-3-14(11)26-16-15(17(22)23)19-21-20-16/h2-3,10,13,18H,4-5,7-8H2,1H3,(H,22,23)(H,19,20,21). The Morgan fingerprint density at radius 2 is 2.07 bits per heavy atom. The van der Waals surface area contributed by atoms with Crippen LogP contribution in [0.15, 0.2) is 18.2 Å². The molecule has 1 fully saturated rings. The summed E-state index contributed by atoms with van der Waals surface area (Å²) in [6.45, 7) is 3.09. The van der Waals surface area contributed by atoms with Crippen molar-refractivity contribution in [3.8, 4) is 22.8 Å². The molecule has 1 aromatic carbocycles. The zero-order valence-corrected chi connectivity index (χ0v) is 15.3. The summed E-state index contributed by atoms with van der Waals surface area (Å²) in [5, 5.41) is 23.4. The Morgan fingerprint density at radius 1 is 1.33 bits per heavy atom. The van der Waals surface area contributed by atoms with Crippen LogP contribution < -0.4 is 10.1 Å². The molecule has 142 valence electrons. The fraction of sp³-hybridized carbons (Fsp3) is 0.353. The lowest BCUT2D eigenvalue weighted by Gasteiger charge is -2.19. The number of aromatic nitrogens is 3. The lowest BCUT2D eigenvalue weighted by Crippen LogP contribution is -2.35. The number of carbonyl (C=O) groups is 1. The summed E-state index contributed by atoms with van der Waals surface area (Å²) < 4.78 is 30.1. The molecule has 2 heterocycles. The number of ether oxygens (including phenoxy) is 1. The largest absolute Gasteiger partial charge is 0.476 e. The van der Waals surface area contributed by atoms with Crippen LogP contribution in [0.4, 0.5) is 0 Å². The lowest BCUT2D eigenvalue weighted by molar-refractivity contribution is 0.0687. The third kappa shape index (κ3) is 4.45. The van der Waals surface area contributed by atoms with E-state index < -0.39 is 21.1 Å². The average molecular weight is 390 g/mol. The number of H-pyrrole nitrogens is 1. The zero-order valence-electron chi connectivity index (χ0n) is 14.5. The van der Waals surface area contributed by atoms with Crippen LogP contribution in [0.2, 0.25) is 0 Å². The van der Waals surface area contributed by atoms with Gasteiger partial charge < -0.3 is 15.2 Å². The van der Waals surface area contributed by atoms with Crippen molar-refractivity contribution in [3.63, 3.8) is 0 Å². The molecule has 3 N–H and O–H groups in total. The number of carboxylic acids is 1. The van der Waals surface area contributed by atoms with Gasteiger partial charge in [0.15, 0.2) is 0 Å². The van der Waals surface area contributed by atoms with Crippen LogP contribution in [0.3, 0.4) is 0 Å². The van der Waals surface area contributed by atoms with E-state index >= 15 is 0 Å². The van der Waals surface area contributed by atoms with Gasteiger partial charge in [-0.25, -0.2) is 18.3 Å². The molecule has 0 unspecified atom stereocenters. The van der Waals surface area contributed by atoms with Gasteiger partial charge in [-0.1, -0.05) is 10.3 Å². The first kappa shape index (κ1) is 18.9. The number of aromatic amines is 1. The van der Waals surface area contributed by atoms with Gasteiger partial charge in [-0.2, -0.15) is 0 Å². The number of nitrogens with zero attached hydrogens (tertiary/aromatic N) is 2. The molecule has 1 aliphatic rings. The Bertz CT molecular complexity index is 1010. The Balaban J connectivity index is 1.77. The van der Waals surface area contributed by atoms with Crippen LogP contribution in [-0.4, -0.2) is 53.2 Å². The first-order valence-electron chi connectivity index (χ1n) is 8.27. The molecule has 27 heavy (non-hydrogen) atoms. The Morgan fingerprint density at radius 3 is 2.74 bits per heavy atom. The van der Waals surface area contributed by atoms with Crippen LogP contribution in [0, 0.1) is 18.1 Å². The zero-order chi connectivity index (χ0) is 19.4. The molecule has 9 nitrogen and oxygen atoms in total. The topological polar surface area (TPSA) is 134 Å². The van der Waals surface area contributed by atoms with E-state index in [0.29, 0.717) is 42.8 Å². The van der Waals surface area contributed by atoms with E-state index in [1.807, 2.05) is 0 Å². The molecule has 0 spiro atoms. The van der Waals surface area contributed by atoms with Gasteiger partial charge in [0.2, 0.25) is 15.5 Å². The number of aromatic carboxylic acids is 1. The van der Waals surface area contributed by atoms with Crippen molar-refractivity contribution in [2.24, 2.45) is 0 Å². The van der Waals surface area contributed by atoms with Crippen molar-refractivity contribution in [1.29, 1.82) is 0 Å². The van der Waals surface area contributed by atoms with Crippen molar-refractivity contribution in [2.75, 3.05) is 13.1 Å². The van der Waals surface area contributed by atoms with Crippen LogP contribution >= 0.6 is 0 Å². The molecule has 3 rings (SSSR count). The van der Waals surface area contributed by atoms with Crippen molar-refractivity contribution >= 4 is 15.8 Å². The quantitative estimate of drug-likeness (QED) is 0.660. The normalized spacial score (nSPS) is 15.0. The van der Waals surface area contributed by atoms with Crippen LogP contribution in [-0.2, 0) is 9.84 Å². The molecule has 1 aliphatic heterocycles. The minimum Gasteiger partial charge on any atom is -0.476 e. The van der Waals surface area contributed by atoms with Gasteiger partial charge in [0.1, 0.15) is 5.75 Å². The molecular weight excluding hydrogens is 372 g/mol. The summed E-state index contributed by atoms with van der Waals surface area (Å²) >= 11 is 0. The molecule has 2 aromatic rings. The molecule has 1 aromatic heterocycles. The van der Waals surface area contributed by atoms with E-state index in [1.165, 1.54) is 0 Å². The Kier molecular flexibility index (Phi) is 5.43. The maximum Gasteiger partial charge on any atom is 0.359 e. The molecule has 10 heteroatoms. The summed E-state index contributed by atoms with van der Waals surface area (Å²) in [6, 6.07) is 4.85. The molecule has 0 amide bonds. The molecule has 0 radical (unpaired) electrons. The number of piperidine rings is 1. The van der Waals surface area contributed by atoms with Gasteiger partial charge in [-0.15, -0.1) is 0 Å². The first-order chi connectivity index (χ1) is 12.9. The van der Waals surface area contributed by atoms with Crippen LogP contribution in [0.1, 0.15) is 34.5 Å². The Hall–Kier alpha value is -2.90. The number of sulfone groups is 1. The number of hydrogen-bond acceptors (Lipinski definition) is 7. The predicted octanol–water partition coefficient (Wildman–Crippen LogP) is 1.08. The summed E-state index contributed by atoms with van der Waals surface area (Å²) in [7, 11) is -3.48. The van der Waals surface area contributed by atoms with Gasteiger partial charge >= 0.3 is 5.97 Å². The van der Waals surface area contributed by atoms with Gasteiger partial charge in [0, 0.05) is 10.8 Å². The highest BCUT2D eigenvalue weighted by Crippen LogP contribution is 2.26. The fourth-order valence-electron chi connectivity index (χ4n) is 2.69. The third-order valence-electron chi connectivity index (χ3n) is 4.17. The summed E-state index contributed by atoms with van der Waals surface area (Å²) in [5.74, 6) is 1.68. The average Bonchev–Trinajstić information content (AvgIpc) is 3.11. The van der Waals surface area contributed by atoms with Gasteiger partial charge in [0.05, 0.1) is 5.25 Å². The van der Waals surface area contributed by atoms with E-state index in [4.69, 9.17) is 9.84 Å². The maximum atomic E-state index is 12.3. The monoisotopic (exact) mass is 390 g/mol. The van der Waals surface area contributed by atoms with Crippen molar-refractivity contribution in [3.05, 3.63) is 35.0 Å². The van der Waals surface area contributed by atoms with Crippen molar-refractivity contribution < 1.29 is 23.1 Å². The van der Waals surface area contributed by atoms with E-state index in [1.54, 1.807) is 25.1 Å². The van der Waals surface area contributed by atoms with E-state index in [0.717, 1.165) is 0 Å². The second kappa shape index (κ2) is 7.77. The van der Waals surface area contributed by atoms with Crippen molar-refractivity contribution in [1.82, 2.24) is 20.7 Å². The van der Waals surface area contributed by atoms with Gasteiger partial charge in [-0.05, 0) is 62.5 Å². The van der Waals surface area contributed by atoms with E-state index in [9.17, 15) is 13.2 Å². The number of hydrogen-bond donors (Lipinski definition) is 3. The van der Waals surface area contributed by atoms with E-state index in [-0.39, 0.29) is 11.6 Å². The molecular formula is C17H18N4O5S. The molecule has 0 bridgehead atoms.